The molecule has 148 valence electrons. The van der Waals surface area contributed by atoms with Gasteiger partial charge in [0.05, 0.1) is 15.9 Å². The molecule has 0 spiro atoms. The summed E-state index contributed by atoms with van der Waals surface area (Å²) in [4.78, 5) is 7.57. The van der Waals surface area contributed by atoms with Gasteiger partial charge in [-0.2, -0.15) is 0 Å². The van der Waals surface area contributed by atoms with Gasteiger partial charge in [0.25, 0.3) is 0 Å². The maximum atomic E-state index is 14.7. The van der Waals surface area contributed by atoms with Crippen molar-refractivity contribution < 1.29 is 17.6 Å². The first-order chi connectivity index (χ1) is 13.4. The van der Waals surface area contributed by atoms with E-state index in [4.69, 9.17) is 4.84 Å². The topological polar surface area (TPSA) is 59.0 Å². The van der Waals surface area contributed by atoms with Crippen LogP contribution >= 0.6 is 0 Å². The summed E-state index contributed by atoms with van der Waals surface area (Å²) in [5.41, 5.74) is 2.54. The summed E-state index contributed by atoms with van der Waals surface area (Å²) in [5, 5.41) is 3.70. The second-order valence-electron chi connectivity index (χ2n) is 7.49. The van der Waals surface area contributed by atoms with Crippen molar-refractivity contribution in [2.45, 2.75) is 36.0 Å². The van der Waals surface area contributed by atoms with Crippen LogP contribution in [0.5, 0.6) is 0 Å². The zero-order chi connectivity index (χ0) is 19.9. The Kier molecular flexibility index (Phi) is 4.97. The van der Waals surface area contributed by atoms with E-state index >= 15 is 0 Å². The molecule has 1 atom stereocenters. The molecule has 2 aliphatic heterocycles. The molecular weight excluding hydrogens is 379 g/mol. The smallest absolute Gasteiger partial charge is 0.183 e. The van der Waals surface area contributed by atoms with Gasteiger partial charge in [-0.05, 0) is 37.2 Å². The van der Waals surface area contributed by atoms with Gasteiger partial charge in [0.1, 0.15) is 11.9 Å². The van der Waals surface area contributed by atoms with Crippen molar-refractivity contribution >= 4 is 15.5 Å². The van der Waals surface area contributed by atoms with Crippen molar-refractivity contribution in [1.29, 1.82) is 0 Å². The fourth-order valence-electron chi connectivity index (χ4n) is 3.60. The van der Waals surface area contributed by atoms with Crippen LogP contribution in [0.2, 0.25) is 0 Å². The second kappa shape index (κ2) is 7.29. The summed E-state index contributed by atoms with van der Waals surface area (Å²) in [5.74, 6) is -0.364. The number of oxime groups is 1. The highest BCUT2D eigenvalue weighted by Crippen LogP contribution is 2.29. The van der Waals surface area contributed by atoms with Crippen molar-refractivity contribution in [1.82, 2.24) is 4.90 Å². The largest absolute Gasteiger partial charge is 0.392 e. The highest BCUT2D eigenvalue weighted by molar-refractivity contribution is 7.92. The first-order valence-corrected chi connectivity index (χ1v) is 11.0. The summed E-state index contributed by atoms with van der Waals surface area (Å²) in [7, 11) is -1.44. The van der Waals surface area contributed by atoms with Crippen molar-refractivity contribution in [3.05, 3.63) is 53.8 Å². The van der Waals surface area contributed by atoms with Crippen LogP contribution in [0.3, 0.4) is 0 Å². The van der Waals surface area contributed by atoms with Gasteiger partial charge in [-0.15, -0.1) is 0 Å². The van der Waals surface area contributed by atoms with Crippen LogP contribution < -0.4 is 0 Å². The Hall–Kier alpha value is -2.25. The maximum absolute atomic E-state index is 14.7. The first kappa shape index (κ1) is 19.1. The Morgan fingerprint density at radius 1 is 1.14 bits per heavy atom. The number of halogens is 1. The molecule has 1 fully saturated rings. The van der Waals surface area contributed by atoms with Crippen LogP contribution in [0.15, 0.2) is 52.5 Å². The van der Waals surface area contributed by atoms with Crippen LogP contribution in [-0.4, -0.2) is 50.5 Å². The Balaban J connectivity index is 1.55. The summed E-state index contributed by atoms with van der Waals surface area (Å²) < 4.78 is 39.9. The lowest BCUT2D eigenvalue weighted by Crippen LogP contribution is -2.52. The molecule has 7 heteroatoms. The third-order valence-corrected chi connectivity index (χ3v) is 7.56. The second-order valence-corrected chi connectivity index (χ2v) is 9.71. The number of nitrogens with zero attached hydrogens (tertiary/aromatic N) is 2. The van der Waals surface area contributed by atoms with Gasteiger partial charge >= 0.3 is 0 Å². The molecule has 2 heterocycles. The number of sulfone groups is 1. The van der Waals surface area contributed by atoms with Crippen molar-refractivity contribution in [2.24, 2.45) is 5.16 Å². The average molecular weight is 402 g/mol. The van der Waals surface area contributed by atoms with Crippen molar-refractivity contribution in [3.63, 3.8) is 0 Å². The van der Waals surface area contributed by atoms with E-state index in [9.17, 15) is 12.8 Å². The number of likely N-dealkylation sites (tertiary alicyclic amines) is 1. The van der Waals surface area contributed by atoms with E-state index in [0.29, 0.717) is 36.2 Å². The van der Waals surface area contributed by atoms with Gasteiger partial charge in [0, 0.05) is 30.6 Å². The summed E-state index contributed by atoms with van der Waals surface area (Å²) in [6.07, 6.45) is 1.60. The van der Waals surface area contributed by atoms with Gasteiger partial charge in [-0.25, -0.2) is 12.8 Å². The third kappa shape index (κ3) is 3.44. The van der Waals surface area contributed by atoms with Crippen molar-refractivity contribution in [3.8, 4) is 11.1 Å². The molecule has 28 heavy (non-hydrogen) atoms. The van der Waals surface area contributed by atoms with Crippen LogP contribution in [0, 0.1) is 5.82 Å². The summed E-state index contributed by atoms with van der Waals surface area (Å²) in [6.45, 7) is 3.12. The molecule has 2 aromatic rings. The lowest BCUT2D eigenvalue weighted by atomic mass is 9.99. The Labute approximate surface area is 164 Å². The zero-order valence-corrected chi connectivity index (χ0v) is 16.7. The van der Waals surface area contributed by atoms with Gasteiger partial charge in [-0.3, -0.25) is 0 Å². The Bertz CT molecular complexity index is 1010. The molecule has 0 saturated carbocycles. The molecule has 5 nitrogen and oxygen atoms in total. The predicted octanol–water partition coefficient (Wildman–Crippen LogP) is 3.48. The standard InChI is InChI=1S/C21H23FN2O3S/c1-3-16-11-21(23-27-16)15-6-9-19(20(22)10-15)14-4-7-17(8-5-14)28(25,26)18-12-24(2)13-18/h4-10,16,18H,3,11-13H2,1-2H3/t16-/m0/s1. The fraction of sp³-hybridized carbons (Fsp3) is 0.381. The maximum Gasteiger partial charge on any atom is 0.183 e. The minimum atomic E-state index is -3.33. The van der Waals surface area contributed by atoms with Crippen LogP contribution in [-0.2, 0) is 14.7 Å². The number of rotatable bonds is 5. The van der Waals surface area contributed by atoms with Gasteiger partial charge in [0.15, 0.2) is 9.84 Å². The Morgan fingerprint density at radius 3 is 2.39 bits per heavy atom. The van der Waals surface area contributed by atoms with E-state index in [1.54, 1.807) is 30.3 Å². The summed E-state index contributed by atoms with van der Waals surface area (Å²) >= 11 is 0. The minimum absolute atomic E-state index is 0.0580. The monoisotopic (exact) mass is 402 g/mol. The lowest BCUT2D eigenvalue weighted by Gasteiger charge is -2.35. The highest BCUT2D eigenvalue weighted by atomic mass is 32.2. The van der Waals surface area contributed by atoms with E-state index in [0.717, 1.165) is 12.1 Å². The third-order valence-electron chi connectivity index (χ3n) is 5.45. The quantitative estimate of drug-likeness (QED) is 0.768. The van der Waals surface area contributed by atoms with Crippen LogP contribution in [0.25, 0.3) is 11.1 Å². The normalized spacial score (nSPS) is 20.5. The minimum Gasteiger partial charge on any atom is -0.392 e. The van der Waals surface area contributed by atoms with Gasteiger partial charge < -0.3 is 9.74 Å². The van der Waals surface area contributed by atoms with E-state index in [1.165, 1.54) is 6.07 Å². The molecular formula is C21H23FN2O3S. The van der Waals surface area contributed by atoms with Gasteiger partial charge in [-0.1, -0.05) is 36.3 Å². The van der Waals surface area contributed by atoms with Crippen molar-refractivity contribution in [2.75, 3.05) is 20.1 Å². The molecule has 0 aromatic heterocycles. The molecule has 0 amide bonds. The molecule has 0 radical (unpaired) electrons. The molecule has 4 rings (SSSR count). The van der Waals surface area contributed by atoms with Gasteiger partial charge in [0.2, 0.25) is 0 Å². The van der Waals surface area contributed by atoms with Crippen LogP contribution in [0.1, 0.15) is 25.3 Å². The number of hydrogen-bond donors (Lipinski definition) is 0. The van der Waals surface area contributed by atoms with E-state index in [-0.39, 0.29) is 22.1 Å². The molecule has 2 aliphatic rings. The fourth-order valence-corrected chi connectivity index (χ4v) is 5.40. The zero-order valence-electron chi connectivity index (χ0n) is 15.9. The molecule has 2 aromatic carbocycles. The van der Waals surface area contributed by atoms with E-state index in [2.05, 4.69) is 5.16 Å². The number of hydrogen-bond acceptors (Lipinski definition) is 5. The number of benzene rings is 2. The van der Waals surface area contributed by atoms with E-state index < -0.39 is 9.84 Å². The highest BCUT2D eigenvalue weighted by Gasteiger charge is 2.36. The predicted molar refractivity (Wildman–Crippen MR) is 107 cm³/mol. The first-order valence-electron chi connectivity index (χ1n) is 9.44. The molecule has 0 bridgehead atoms. The Morgan fingerprint density at radius 2 is 1.82 bits per heavy atom. The van der Waals surface area contributed by atoms with Crippen LogP contribution in [0.4, 0.5) is 4.39 Å². The summed E-state index contributed by atoms with van der Waals surface area (Å²) in [6, 6.07) is 11.5. The van der Waals surface area contributed by atoms with E-state index in [1.807, 2.05) is 24.9 Å². The lowest BCUT2D eigenvalue weighted by molar-refractivity contribution is 0.0829. The SMILES string of the molecule is CC[C@H]1CC(c2ccc(-c3ccc(S(=O)(=O)C4CN(C)C4)cc3)c(F)c2)=NO1. The molecule has 0 unspecified atom stereocenters. The molecule has 1 saturated heterocycles. The average Bonchev–Trinajstić information content (AvgIpc) is 3.15. The molecule has 0 N–H and O–H groups in total. The molecule has 0 aliphatic carbocycles.